The molecule has 0 aromatic rings. The van der Waals surface area contributed by atoms with Crippen LogP contribution in [0.5, 0.6) is 0 Å². The largest absolute Gasteiger partial charge is 0.756 e. The van der Waals surface area contributed by atoms with Gasteiger partial charge in [0.15, 0.2) is 0 Å². The molecule has 8 nitrogen and oxygen atoms in total. The zero-order valence-electron chi connectivity index (χ0n) is 42.4. The van der Waals surface area contributed by atoms with Gasteiger partial charge in [-0.2, -0.15) is 0 Å². The molecule has 0 saturated carbocycles. The Hall–Kier alpha value is -2.58. The minimum atomic E-state index is -4.62. The summed E-state index contributed by atoms with van der Waals surface area (Å²) in [5.41, 5.74) is 0. The molecule has 0 aromatic carbocycles. The topological polar surface area (TPSA) is 108 Å². The fourth-order valence-corrected chi connectivity index (χ4v) is 7.69. The van der Waals surface area contributed by atoms with Gasteiger partial charge in [-0.15, -0.1) is 0 Å². The monoisotopic (exact) mass is 927 g/mol. The van der Waals surface area contributed by atoms with E-state index in [9.17, 15) is 19.4 Å². The Morgan fingerprint density at radius 2 is 0.938 bits per heavy atom. The summed E-state index contributed by atoms with van der Waals surface area (Å²) in [7, 11) is 1.21. The average molecular weight is 927 g/mol. The van der Waals surface area contributed by atoms with E-state index in [0.717, 1.165) is 70.6 Å². The molecule has 0 heterocycles. The number of amides is 1. The van der Waals surface area contributed by atoms with Crippen LogP contribution in [0, 0.1) is 0 Å². The molecule has 9 heteroatoms. The number of rotatable bonds is 46. The molecule has 2 N–H and O–H groups in total. The van der Waals surface area contributed by atoms with Crippen molar-refractivity contribution in [2.24, 2.45) is 0 Å². The van der Waals surface area contributed by atoms with E-state index in [1.807, 2.05) is 27.2 Å². The Kier molecular flexibility index (Phi) is 44.7. The van der Waals surface area contributed by atoms with Crippen LogP contribution in [0.3, 0.4) is 0 Å². The molecule has 0 saturated heterocycles. The van der Waals surface area contributed by atoms with E-state index >= 15 is 0 Å². The molecule has 0 rings (SSSR count). The molecule has 0 aromatic heterocycles. The van der Waals surface area contributed by atoms with E-state index < -0.39 is 26.6 Å². The normalized spacial score (nSPS) is 14.9. The number of likely N-dealkylation sites (N-methyl/N-ethyl adjacent to an activating group) is 1. The minimum Gasteiger partial charge on any atom is -0.756 e. The highest BCUT2D eigenvalue weighted by atomic mass is 31.2. The minimum absolute atomic E-state index is 0.0171. The Balaban J connectivity index is 4.45. The van der Waals surface area contributed by atoms with Crippen molar-refractivity contribution in [3.63, 3.8) is 0 Å². The van der Waals surface area contributed by atoms with E-state index in [-0.39, 0.29) is 18.9 Å². The van der Waals surface area contributed by atoms with Gasteiger partial charge in [0.1, 0.15) is 13.2 Å². The first-order valence-corrected chi connectivity index (χ1v) is 27.6. The molecular formula is C56H99N2O6P. The predicted octanol–water partition coefficient (Wildman–Crippen LogP) is 14.8. The molecule has 0 aliphatic heterocycles. The van der Waals surface area contributed by atoms with Gasteiger partial charge in [-0.25, -0.2) is 0 Å². The molecule has 374 valence electrons. The van der Waals surface area contributed by atoms with Gasteiger partial charge in [0.25, 0.3) is 7.82 Å². The third kappa shape index (κ3) is 49.2. The van der Waals surface area contributed by atoms with Gasteiger partial charge in [0.2, 0.25) is 5.91 Å². The van der Waals surface area contributed by atoms with E-state index in [1.54, 1.807) is 6.08 Å². The number of phosphoric acid groups is 1. The summed E-state index contributed by atoms with van der Waals surface area (Å²) in [6, 6.07) is -0.924. The van der Waals surface area contributed by atoms with Crippen LogP contribution in [0.15, 0.2) is 97.2 Å². The van der Waals surface area contributed by atoms with Gasteiger partial charge < -0.3 is 28.8 Å². The van der Waals surface area contributed by atoms with Crippen molar-refractivity contribution in [3.8, 4) is 0 Å². The number of hydrogen-bond acceptors (Lipinski definition) is 6. The second kappa shape index (κ2) is 46.5. The predicted molar refractivity (Wildman–Crippen MR) is 279 cm³/mol. The lowest BCUT2D eigenvalue weighted by Gasteiger charge is -2.29. The summed E-state index contributed by atoms with van der Waals surface area (Å²) in [4.78, 5) is 25.4. The molecule has 0 radical (unpaired) electrons. The maximum Gasteiger partial charge on any atom is 0.268 e. The number of aliphatic hydroxyl groups excluding tert-OH is 1. The SMILES string of the molecule is CC/C=C\C/C=C\C/C=C\C/C=C\C/C=C\C/C=C\C/C=C\CCCC(=O)NC(COP(=O)([O-])OCC[N+](C)(C)C)C(O)/C=C/CCCCCCCCCCCCCCCCCCCC. The van der Waals surface area contributed by atoms with Crippen LogP contribution in [0.4, 0.5) is 0 Å². The van der Waals surface area contributed by atoms with Crippen LogP contribution in [-0.2, 0) is 18.4 Å². The number of carbonyl (C=O) groups excluding carboxylic acids is 1. The Morgan fingerprint density at radius 3 is 1.35 bits per heavy atom. The number of aliphatic hydroxyl groups is 1. The molecular weight excluding hydrogens is 828 g/mol. The zero-order valence-corrected chi connectivity index (χ0v) is 43.3. The summed E-state index contributed by atoms with van der Waals surface area (Å²) in [6.07, 6.45) is 66.1. The smallest absolute Gasteiger partial charge is 0.268 e. The number of hydrogen-bond donors (Lipinski definition) is 2. The van der Waals surface area contributed by atoms with Crippen molar-refractivity contribution < 1.29 is 32.9 Å². The van der Waals surface area contributed by atoms with E-state index in [1.165, 1.54) is 103 Å². The Bertz CT molecular complexity index is 1370. The van der Waals surface area contributed by atoms with Crippen LogP contribution in [-0.4, -0.2) is 68.5 Å². The van der Waals surface area contributed by atoms with Crippen LogP contribution in [0.2, 0.25) is 0 Å². The van der Waals surface area contributed by atoms with Crippen molar-refractivity contribution in [1.29, 1.82) is 0 Å². The quantitative estimate of drug-likeness (QED) is 0.0272. The van der Waals surface area contributed by atoms with Gasteiger partial charge in [-0.05, 0) is 70.6 Å². The summed E-state index contributed by atoms with van der Waals surface area (Å²) in [6.45, 7) is 4.49. The number of nitrogens with one attached hydrogen (secondary N) is 1. The lowest BCUT2D eigenvalue weighted by atomic mass is 10.0. The highest BCUT2D eigenvalue weighted by Crippen LogP contribution is 2.38. The number of allylic oxidation sites excluding steroid dienone is 15. The number of carbonyl (C=O) groups is 1. The standard InChI is InChI=1S/C56H99N2O6P/c1-6-8-10-12-14-16-18-20-22-24-26-28-29-30-32-34-36-38-40-42-44-46-48-50-56(60)57-54(53-64-65(61,62)63-52-51-58(3,4)5)55(59)49-47-45-43-41-39-37-35-33-31-27-25-23-21-19-17-15-13-11-9-7-2/h8,10,14,16,20,22,26,28,30,32,36,38,42,44,47,49,54-55,59H,6-7,9,11-13,15,17-19,21,23-25,27,29,31,33-35,37,39-41,43,45-46,48,50-53H2,1-5H3,(H-,57,60,61,62)/b10-8-,16-14-,22-20-,28-26-,32-30-,38-36-,44-42-,49-47+. The van der Waals surface area contributed by atoms with Crippen LogP contribution in [0.1, 0.15) is 200 Å². The Morgan fingerprint density at radius 1 is 0.554 bits per heavy atom. The average Bonchev–Trinajstić information content (AvgIpc) is 3.26. The van der Waals surface area contributed by atoms with Crippen LogP contribution in [0.25, 0.3) is 0 Å². The molecule has 3 unspecified atom stereocenters. The summed E-state index contributed by atoms with van der Waals surface area (Å²) < 4.78 is 23.3. The molecule has 0 spiro atoms. The van der Waals surface area contributed by atoms with Crippen molar-refractivity contribution in [2.45, 2.75) is 212 Å². The van der Waals surface area contributed by atoms with Crippen molar-refractivity contribution in [1.82, 2.24) is 5.32 Å². The maximum atomic E-state index is 12.9. The second-order valence-corrected chi connectivity index (χ2v) is 19.9. The fraction of sp³-hybridized carbons (Fsp3) is 0.696. The van der Waals surface area contributed by atoms with Crippen molar-refractivity contribution >= 4 is 13.7 Å². The van der Waals surface area contributed by atoms with E-state index in [0.29, 0.717) is 17.4 Å². The third-order valence-corrected chi connectivity index (χ3v) is 12.0. The van der Waals surface area contributed by atoms with Gasteiger partial charge in [0, 0.05) is 6.42 Å². The van der Waals surface area contributed by atoms with Gasteiger partial charge in [-0.1, -0.05) is 220 Å². The summed E-state index contributed by atoms with van der Waals surface area (Å²) in [5.74, 6) is -0.258. The van der Waals surface area contributed by atoms with Crippen molar-refractivity contribution in [2.75, 3.05) is 40.9 Å². The van der Waals surface area contributed by atoms with Gasteiger partial charge >= 0.3 is 0 Å². The molecule has 0 bridgehead atoms. The molecule has 0 aliphatic carbocycles. The molecule has 0 aliphatic rings. The molecule has 1 amide bonds. The first kappa shape index (κ1) is 62.4. The fourth-order valence-electron chi connectivity index (χ4n) is 6.96. The number of phosphoric ester groups is 1. The molecule has 65 heavy (non-hydrogen) atoms. The highest BCUT2D eigenvalue weighted by Gasteiger charge is 2.23. The van der Waals surface area contributed by atoms with Crippen molar-refractivity contribution in [3.05, 3.63) is 97.2 Å². The first-order valence-electron chi connectivity index (χ1n) is 26.1. The molecule has 3 atom stereocenters. The summed E-state index contributed by atoms with van der Waals surface area (Å²) in [5, 5.41) is 13.8. The van der Waals surface area contributed by atoms with Gasteiger partial charge in [-0.3, -0.25) is 9.36 Å². The maximum absolute atomic E-state index is 12.9. The number of unbranched alkanes of at least 4 members (excludes halogenated alkanes) is 19. The van der Waals surface area contributed by atoms with E-state index in [2.05, 4.69) is 104 Å². The third-order valence-electron chi connectivity index (χ3n) is 11.0. The van der Waals surface area contributed by atoms with Crippen LogP contribution >= 0.6 is 7.82 Å². The highest BCUT2D eigenvalue weighted by molar-refractivity contribution is 7.45. The number of quaternary nitrogens is 1. The van der Waals surface area contributed by atoms with E-state index in [4.69, 9.17) is 9.05 Å². The zero-order chi connectivity index (χ0) is 47.8. The Labute approximate surface area is 400 Å². The lowest BCUT2D eigenvalue weighted by molar-refractivity contribution is -0.870. The van der Waals surface area contributed by atoms with Crippen LogP contribution < -0.4 is 10.2 Å². The number of nitrogens with zero attached hydrogens (tertiary/aromatic N) is 1. The molecule has 0 fully saturated rings. The first-order chi connectivity index (χ1) is 31.5. The van der Waals surface area contributed by atoms with Gasteiger partial charge in [0.05, 0.1) is 39.9 Å². The summed E-state index contributed by atoms with van der Waals surface area (Å²) >= 11 is 0. The second-order valence-electron chi connectivity index (χ2n) is 18.5. The lowest BCUT2D eigenvalue weighted by Crippen LogP contribution is -2.45.